The van der Waals surface area contributed by atoms with Crippen LogP contribution in [0, 0.1) is 0 Å². The Morgan fingerprint density at radius 2 is 1.87 bits per heavy atom. The molecule has 0 aliphatic carbocycles. The number of ether oxygens (including phenoxy) is 1. The second-order valence-corrected chi connectivity index (χ2v) is 11.5. The number of hydrazine groups is 1. The molecular formula is C18H21ClF3N3O4S. The highest BCUT2D eigenvalue weighted by Crippen LogP contribution is 2.39. The lowest BCUT2D eigenvalue weighted by atomic mass is 10.1. The zero-order valence-corrected chi connectivity index (χ0v) is 17.8. The van der Waals surface area contributed by atoms with Gasteiger partial charge in [-0.2, -0.15) is 9.35 Å². The molecular weight excluding hydrogens is 447 g/mol. The number of anilines is 2. The van der Waals surface area contributed by atoms with E-state index in [4.69, 9.17) is 17.3 Å². The molecule has 2 aromatic carbocycles. The van der Waals surface area contributed by atoms with E-state index in [9.17, 15) is 26.7 Å². The van der Waals surface area contributed by atoms with Crippen molar-refractivity contribution in [3.05, 3.63) is 47.0 Å². The van der Waals surface area contributed by atoms with Crippen LogP contribution in [0.3, 0.4) is 0 Å². The maximum atomic E-state index is 13.2. The Bertz CT molecular complexity index is 1040. The van der Waals surface area contributed by atoms with Crippen LogP contribution in [0.15, 0.2) is 41.3 Å². The van der Waals surface area contributed by atoms with Gasteiger partial charge in [0.25, 0.3) is 5.91 Å². The molecule has 0 fully saturated rings. The monoisotopic (exact) mass is 467 g/mol. The summed E-state index contributed by atoms with van der Waals surface area (Å²) < 4.78 is 65.0. The molecule has 0 aliphatic rings. The molecule has 5 N–H and O–H groups in total. The fraction of sp³-hybridized carbons (Fsp3) is 0.278. The molecule has 7 nitrogen and oxygen atoms in total. The SMILES string of the molecule is CC(C)S(C)(=O)(O)c1ccc(Cl)cc1NNC(=O)c1cc(OC(F)(F)F)ccc1N. The Hall–Kier alpha value is -2.50. The topological polar surface area (TPSA) is 114 Å². The molecule has 30 heavy (non-hydrogen) atoms. The summed E-state index contributed by atoms with van der Waals surface area (Å²) in [6, 6.07) is 6.99. The lowest BCUT2D eigenvalue weighted by Gasteiger charge is -2.44. The fourth-order valence-corrected chi connectivity index (χ4v) is 4.13. The standard InChI is InChI=1S/C18H21ClF3N3O4S/c1-10(2)30(3,27,28)16-7-4-11(19)8-15(16)24-25-17(26)13-9-12(5-6-14(13)23)29-18(20,21)22/h4-10,24H,23H2,1-3H3,(H,25,26)(H,27,28). The zero-order chi connectivity index (χ0) is 22.9. The van der Waals surface area contributed by atoms with Crippen LogP contribution in [0.4, 0.5) is 24.5 Å². The summed E-state index contributed by atoms with van der Waals surface area (Å²) in [6.07, 6.45) is -3.75. The van der Waals surface area contributed by atoms with Crippen molar-refractivity contribution in [3.8, 4) is 5.75 Å². The maximum Gasteiger partial charge on any atom is 0.573 e. The summed E-state index contributed by atoms with van der Waals surface area (Å²) in [5, 5.41) is -0.436. The van der Waals surface area contributed by atoms with Crippen LogP contribution >= 0.6 is 11.6 Å². The second kappa shape index (κ2) is 7.97. The van der Waals surface area contributed by atoms with Crippen LogP contribution in [-0.4, -0.2) is 32.5 Å². The molecule has 0 unspecified atom stereocenters. The average Bonchev–Trinajstić information content (AvgIpc) is 2.59. The highest BCUT2D eigenvalue weighted by atomic mass is 35.5. The first-order chi connectivity index (χ1) is 13.6. The number of hydrogen-bond donors (Lipinski definition) is 4. The van der Waals surface area contributed by atoms with Crippen molar-refractivity contribution in [3.63, 3.8) is 0 Å². The number of nitrogen functional groups attached to an aromatic ring is 1. The molecule has 0 saturated heterocycles. The summed E-state index contributed by atoms with van der Waals surface area (Å²) in [6.45, 7) is 3.14. The predicted octanol–water partition coefficient (Wildman–Crippen LogP) is 4.27. The van der Waals surface area contributed by atoms with E-state index in [1.165, 1.54) is 24.5 Å². The smallest absolute Gasteiger partial charge is 0.406 e. The molecule has 0 heterocycles. The Balaban J connectivity index is 2.33. The Morgan fingerprint density at radius 3 is 2.43 bits per heavy atom. The molecule has 0 atom stereocenters. The number of hydrogen-bond acceptors (Lipinski definition) is 5. The summed E-state index contributed by atoms with van der Waals surface area (Å²) in [5.74, 6) is -1.52. The number of nitrogens with two attached hydrogens (primary N) is 1. The van der Waals surface area contributed by atoms with Crippen molar-refractivity contribution in [2.24, 2.45) is 0 Å². The van der Waals surface area contributed by atoms with E-state index in [2.05, 4.69) is 15.6 Å². The number of carbonyl (C=O) groups is 1. The number of halogens is 4. The number of carbonyl (C=O) groups excluding carboxylic acids is 1. The molecule has 166 valence electrons. The largest absolute Gasteiger partial charge is 0.573 e. The third-order valence-corrected chi connectivity index (χ3v) is 8.28. The minimum atomic E-state index is -4.94. The van der Waals surface area contributed by atoms with Crippen LogP contribution in [0.5, 0.6) is 5.75 Å². The highest BCUT2D eigenvalue weighted by molar-refractivity contribution is 8.15. The van der Waals surface area contributed by atoms with Gasteiger partial charge >= 0.3 is 6.36 Å². The van der Waals surface area contributed by atoms with Gasteiger partial charge in [-0.15, -0.1) is 13.2 Å². The zero-order valence-electron chi connectivity index (χ0n) is 16.2. The minimum absolute atomic E-state index is 0.00817. The second-order valence-electron chi connectivity index (χ2n) is 6.92. The third-order valence-electron chi connectivity index (χ3n) is 4.40. The van der Waals surface area contributed by atoms with Crippen LogP contribution in [0.1, 0.15) is 24.2 Å². The van der Waals surface area contributed by atoms with E-state index >= 15 is 0 Å². The molecule has 0 bridgehead atoms. The van der Waals surface area contributed by atoms with Gasteiger partial charge in [0.05, 0.1) is 16.1 Å². The normalized spacial score (nSPS) is 13.4. The first-order valence-corrected chi connectivity index (χ1v) is 11.3. The molecule has 0 aromatic heterocycles. The van der Waals surface area contributed by atoms with Crippen molar-refractivity contribution in [1.29, 1.82) is 0 Å². The number of benzene rings is 2. The summed E-state index contributed by atoms with van der Waals surface area (Å²) in [7, 11) is -4.32. The molecule has 2 rings (SSSR count). The Morgan fingerprint density at radius 1 is 1.23 bits per heavy atom. The van der Waals surface area contributed by atoms with Gasteiger partial charge in [0, 0.05) is 22.2 Å². The lowest BCUT2D eigenvalue weighted by Crippen LogP contribution is -2.41. The molecule has 1 amide bonds. The quantitative estimate of drug-likeness (QED) is 0.373. The van der Waals surface area contributed by atoms with Crippen molar-refractivity contribution >= 4 is 38.2 Å². The van der Waals surface area contributed by atoms with Crippen LogP contribution in [-0.2, 0) is 9.35 Å². The van der Waals surface area contributed by atoms with Crippen LogP contribution in [0.25, 0.3) is 0 Å². The van der Waals surface area contributed by atoms with Gasteiger partial charge in [0.2, 0.25) is 0 Å². The molecule has 12 heteroatoms. The maximum absolute atomic E-state index is 13.2. The van der Waals surface area contributed by atoms with Gasteiger partial charge in [-0.1, -0.05) is 11.6 Å². The van der Waals surface area contributed by atoms with Gasteiger partial charge in [0.15, 0.2) is 0 Å². The highest BCUT2D eigenvalue weighted by Gasteiger charge is 2.32. The average molecular weight is 468 g/mol. The van der Waals surface area contributed by atoms with Crippen molar-refractivity contribution in [2.45, 2.75) is 30.4 Å². The number of nitrogens with one attached hydrogen (secondary N) is 2. The third kappa shape index (κ3) is 5.35. The van der Waals surface area contributed by atoms with Crippen molar-refractivity contribution < 1.29 is 31.5 Å². The predicted molar refractivity (Wildman–Crippen MR) is 110 cm³/mol. The van der Waals surface area contributed by atoms with E-state index in [0.717, 1.165) is 18.2 Å². The Kier molecular flexibility index (Phi) is 6.32. The summed E-state index contributed by atoms with van der Waals surface area (Å²) >= 11 is 5.96. The van der Waals surface area contributed by atoms with Gasteiger partial charge < -0.3 is 10.5 Å². The molecule has 0 saturated carbocycles. The molecule has 0 radical (unpaired) electrons. The van der Waals surface area contributed by atoms with Gasteiger partial charge in [-0.25, -0.2) is 4.21 Å². The molecule has 2 aromatic rings. The van der Waals surface area contributed by atoms with Gasteiger partial charge in [-0.05, 0) is 50.2 Å². The van der Waals surface area contributed by atoms with Gasteiger partial charge in [-0.3, -0.25) is 20.2 Å². The van der Waals surface area contributed by atoms with E-state index < -0.39 is 32.6 Å². The van der Waals surface area contributed by atoms with Crippen molar-refractivity contribution in [1.82, 2.24) is 5.43 Å². The molecule has 0 aliphatic heterocycles. The van der Waals surface area contributed by atoms with E-state index in [1.54, 1.807) is 13.8 Å². The van der Waals surface area contributed by atoms with E-state index in [0.29, 0.717) is 0 Å². The number of alkyl halides is 3. The Labute approximate surface area is 175 Å². The number of amides is 1. The number of rotatable bonds is 6. The summed E-state index contributed by atoms with van der Waals surface area (Å²) in [5.41, 5.74) is 10.1. The van der Waals surface area contributed by atoms with Gasteiger partial charge in [0.1, 0.15) is 5.75 Å². The van der Waals surface area contributed by atoms with E-state index in [1.807, 2.05) is 0 Å². The van der Waals surface area contributed by atoms with Crippen molar-refractivity contribution in [2.75, 3.05) is 17.4 Å². The lowest BCUT2D eigenvalue weighted by molar-refractivity contribution is -0.274. The van der Waals surface area contributed by atoms with E-state index in [-0.39, 0.29) is 26.9 Å². The summed E-state index contributed by atoms with van der Waals surface area (Å²) in [4.78, 5) is 12.5. The molecule has 0 spiro atoms. The first kappa shape index (κ1) is 23.8. The van der Waals surface area contributed by atoms with Crippen LogP contribution in [0.2, 0.25) is 5.02 Å². The minimum Gasteiger partial charge on any atom is -0.406 e. The first-order valence-electron chi connectivity index (χ1n) is 8.49. The fourth-order valence-electron chi connectivity index (χ4n) is 2.41. The van der Waals surface area contributed by atoms with Crippen LogP contribution < -0.4 is 21.3 Å².